The van der Waals surface area contributed by atoms with Gasteiger partial charge in [-0.15, -0.1) is 19.8 Å². The van der Waals surface area contributed by atoms with Gasteiger partial charge >= 0.3 is 6.36 Å². The van der Waals surface area contributed by atoms with E-state index in [1.54, 1.807) is 6.07 Å². The van der Waals surface area contributed by atoms with E-state index in [4.69, 9.17) is 0 Å². The van der Waals surface area contributed by atoms with Gasteiger partial charge in [0.1, 0.15) is 5.75 Å². The molecular formula is C19H23F3O. The maximum atomic E-state index is 12.3. The van der Waals surface area contributed by atoms with Crippen LogP contribution in [0.5, 0.6) is 5.75 Å². The maximum Gasteiger partial charge on any atom is 0.573 e. The highest BCUT2D eigenvalue weighted by atomic mass is 19.4. The van der Waals surface area contributed by atoms with Gasteiger partial charge in [0.2, 0.25) is 0 Å². The summed E-state index contributed by atoms with van der Waals surface area (Å²) in [6, 6.07) is 4.83. The van der Waals surface area contributed by atoms with Crippen molar-refractivity contribution in [3.63, 3.8) is 0 Å². The first-order chi connectivity index (χ1) is 10.9. The second-order valence-corrected chi connectivity index (χ2v) is 6.89. The molecule has 1 aromatic rings. The molecule has 3 rings (SSSR count). The molecule has 1 unspecified atom stereocenters. The molecule has 0 N–H and O–H groups in total. The molecule has 126 valence electrons. The Labute approximate surface area is 135 Å². The summed E-state index contributed by atoms with van der Waals surface area (Å²) < 4.78 is 41.0. The van der Waals surface area contributed by atoms with Gasteiger partial charge in [-0.3, -0.25) is 0 Å². The van der Waals surface area contributed by atoms with E-state index in [9.17, 15) is 13.2 Å². The number of halogens is 3. The van der Waals surface area contributed by atoms with Crippen molar-refractivity contribution in [1.29, 1.82) is 0 Å². The van der Waals surface area contributed by atoms with Crippen LogP contribution in [0.2, 0.25) is 0 Å². The lowest BCUT2D eigenvalue weighted by molar-refractivity contribution is -0.274. The van der Waals surface area contributed by atoms with Crippen molar-refractivity contribution in [2.75, 3.05) is 0 Å². The Balaban J connectivity index is 1.64. The molecule has 0 spiro atoms. The van der Waals surface area contributed by atoms with E-state index < -0.39 is 6.36 Å². The average Bonchev–Trinajstić information content (AvgIpc) is 2.53. The molecule has 0 aromatic heterocycles. The van der Waals surface area contributed by atoms with Crippen molar-refractivity contribution in [2.45, 2.75) is 51.3 Å². The molecule has 0 bridgehead atoms. The Hall–Kier alpha value is -1.45. The monoisotopic (exact) mass is 324 g/mol. The Morgan fingerprint density at radius 2 is 1.74 bits per heavy atom. The van der Waals surface area contributed by atoms with Gasteiger partial charge in [0, 0.05) is 0 Å². The van der Waals surface area contributed by atoms with Crippen molar-refractivity contribution in [3.8, 4) is 5.75 Å². The SMILES string of the molecule is C=CC1CCC(C2CCc3cc(OC(F)(F)F)ccc3C2)CC1. The first kappa shape index (κ1) is 16.4. The lowest BCUT2D eigenvalue weighted by Crippen LogP contribution is -2.26. The average molecular weight is 324 g/mol. The van der Waals surface area contributed by atoms with Crippen LogP contribution in [0.1, 0.15) is 43.2 Å². The Kier molecular flexibility index (Phi) is 4.69. The number of benzene rings is 1. The molecule has 1 fully saturated rings. The molecule has 0 radical (unpaired) electrons. The Morgan fingerprint density at radius 3 is 2.39 bits per heavy atom. The van der Waals surface area contributed by atoms with Gasteiger partial charge in [-0.2, -0.15) is 0 Å². The van der Waals surface area contributed by atoms with E-state index in [1.807, 2.05) is 6.07 Å². The molecule has 23 heavy (non-hydrogen) atoms. The number of aryl methyl sites for hydroxylation is 1. The van der Waals surface area contributed by atoms with Crippen LogP contribution in [0.3, 0.4) is 0 Å². The molecular weight excluding hydrogens is 301 g/mol. The third kappa shape index (κ3) is 4.10. The van der Waals surface area contributed by atoms with Crippen LogP contribution in [-0.2, 0) is 12.8 Å². The molecule has 2 aliphatic rings. The minimum Gasteiger partial charge on any atom is -0.406 e. The molecule has 2 aliphatic carbocycles. The van der Waals surface area contributed by atoms with Crippen molar-refractivity contribution in [1.82, 2.24) is 0 Å². The van der Waals surface area contributed by atoms with Crippen molar-refractivity contribution in [3.05, 3.63) is 42.0 Å². The lowest BCUT2D eigenvalue weighted by atomic mass is 9.70. The fourth-order valence-electron chi connectivity index (χ4n) is 4.21. The topological polar surface area (TPSA) is 9.23 Å². The summed E-state index contributed by atoms with van der Waals surface area (Å²) in [7, 11) is 0. The van der Waals surface area contributed by atoms with Crippen molar-refractivity contribution in [2.24, 2.45) is 17.8 Å². The smallest absolute Gasteiger partial charge is 0.406 e. The summed E-state index contributed by atoms with van der Waals surface area (Å²) in [5.74, 6) is 2.00. The van der Waals surface area contributed by atoms with E-state index in [2.05, 4.69) is 17.4 Å². The van der Waals surface area contributed by atoms with E-state index in [0.29, 0.717) is 11.8 Å². The largest absolute Gasteiger partial charge is 0.573 e. The third-order valence-corrected chi connectivity index (χ3v) is 5.49. The summed E-state index contributed by atoms with van der Waals surface area (Å²) >= 11 is 0. The zero-order chi connectivity index (χ0) is 16.4. The first-order valence-corrected chi connectivity index (χ1v) is 8.44. The fourth-order valence-corrected chi connectivity index (χ4v) is 4.21. The van der Waals surface area contributed by atoms with Crippen molar-refractivity contribution >= 4 is 0 Å². The van der Waals surface area contributed by atoms with Gasteiger partial charge in [-0.1, -0.05) is 12.1 Å². The van der Waals surface area contributed by atoms with Crippen LogP contribution in [0, 0.1) is 17.8 Å². The minimum absolute atomic E-state index is 0.0961. The van der Waals surface area contributed by atoms with Gasteiger partial charge in [0.15, 0.2) is 0 Å². The number of allylic oxidation sites excluding steroid dienone is 1. The first-order valence-electron chi connectivity index (χ1n) is 8.44. The number of fused-ring (bicyclic) bond motifs is 1. The van der Waals surface area contributed by atoms with Gasteiger partial charge < -0.3 is 4.74 Å². The molecule has 4 heteroatoms. The zero-order valence-electron chi connectivity index (χ0n) is 13.2. The minimum atomic E-state index is -4.62. The molecule has 1 nitrogen and oxygen atoms in total. The summed E-state index contributed by atoms with van der Waals surface area (Å²) in [6.45, 7) is 3.89. The van der Waals surface area contributed by atoms with Crippen molar-refractivity contribution < 1.29 is 17.9 Å². The van der Waals surface area contributed by atoms with Crippen LogP contribution in [0.15, 0.2) is 30.9 Å². The quantitative estimate of drug-likeness (QED) is 0.650. The predicted octanol–water partition coefficient (Wildman–Crippen LogP) is 5.68. The summed E-state index contributed by atoms with van der Waals surface area (Å²) in [5.41, 5.74) is 2.21. The zero-order valence-corrected chi connectivity index (χ0v) is 13.2. The molecule has 0 saturated heterocycles. The van der Waals surface area contributed by atoms with Crippen LogP contribution in [0.4, 0.5) is 13.2 Å². The Morgan fingerprint density at radius 1 is 1.00 bits per heavy atom. The molecule has 0 aliphatic heterocycles. The molecule has 0 heterocycles. The van der Waals surface area contributed by atoms with E-state index >= 15 is 0 Å². The third-order valence-electron chi connectivity index (χ3n) is 5.49. The lowest BCUT2D eigenvalue weighted by Gasteiger charge is -2.36. The van der Waals surface area contributed by atoms with Gasteiger partial charge in [0.05, 0.1) is 0 Å². The number of alkyl halides is 3. The van der Waals surface area contributed by atoms with Gasteiger partial charge in [-0.25, -0.2) is 0 Å². The molecule has 1 aromatic carbocycles. The van der Waals surface area contributed by atoms with E-state index in [1.165, 1.54) is 37.3 Å². The number of hydrogen-bond donors (Lipinski definition) is 0. The summed E-state index contributed by atoms with van der Waals surface area (Å²) in [4.78, 5) is 0. The molecule has 0 amide bonds. The van der Waals surface area contributed by atoms with Gasteiger partial charge in [0.25, 0.3) is 0 Å². The highest BCUT2D eigenvalue weighted by Crippen LogP contribution is 2.40. The summed E-state index contributed by atoms with van der Waals surface area (Å²) in [6.07, 6.45) is 5.36. The number of ether oxygens (including phenoxy) is 1. The number of hydrogen-bond acceptors (Lipinski definition) is 1. The maximum absolute atomic E-state index is 12.3. The standard InChI is InChI=1S/C19H23F3O/c1-2-13-3-5-14(6-4-13)15-7-8-17-12-18(23-19(20,21)22)10-9-16(17)11-15/h2,9-10,12-15H,1,3-8,11H2. The Bertz CT molecular complexity index is 556. The van der Waals surface area contributed by atoms with E-state index in [0.717, 1.165) is 30.7 Å². The highest BCUT2D eigenvalue weighted by Gasteiger charge is 2.32. The molecule has 1 saturated carbocycles. The summed E-state index contributed by atoms with van der Waals surface area (Å²) in [5, 5.41) is 0. The normalized spacial score (nSPS) is 28.0. The highest BCUT2D eigenvalue weighted by molar-refractivity contribution is 5.37. The van der Waals surface area contributed by atoms with Crippen LogP contribution in [-0.4, -0.2) is 6.36 Å². The number of rotatable bonds is 3. The second kappa shape index (κ2) is 6.58. The van der Waals surface area contributed by atoms with Gasteiger partial charge in [-0.05, 0) is 86.0 Å². The second-order valence-electron chi connectivity index (χ2n) is 6.89. The van der Waals surface area contributed by atoms with Crippen LogP contribution >= 0.6 is 0 Å². The molecule has 1 atom stereocenters. The van der Waals surface area contributed by atoms with E-state index in [-0.39, 0.29) is 5.75 Å². The van der Waals surface area contributed by atoms with Crippen LogP contribution < -0.4 is 4.74 Å². The fraction of sp³-hybridized carbons (Fsp3) is 0.579. The van der Waals surface area contributed by atoms with Crippen LogP contribution in [0.25, 0.3) is 0 Å². The predicted molar refractivity (Wildman–Crippen MR) is 84.3 cm³/mol.